The molecule has 0 aliphatic carbocycles. The van der Waals surface area contributed by atoms with E-state index in [1.54, 1.807) is 31.4 Å². The summed E-state index contributed by atoms with van der Waals surface area (Å²) in [6, 6.07) is 12.5. The Bertz CT molecular complexity index is 1590. The van der Waals surface area contributed by atoms with Crippen molar-refractivity contribution in [3.63, 3.8) is 0 Å². The molecule has 1 aliphatic heterocycles. The second-order valence-electron chi connectivity index (χ2n) is 8.98. The maximum atomic E-state index is 13.0. The molecule has 1 saturated heterocycles. The lowest BCUT2D eigenvalue weighted by Crippen LogP contribution is -2.40. The standard InChI is InChI=1S/C26H28ClN7O4S/c1-16-12-22(29-26-28-15-21(27)25(31-26)30-24-13-17(2)32-33-24)23(37-3)14-20(16)18-4-6-19(7-5-18)39(35,36)34-8-10-38-11-9-34/h4-7,12-15H,8-11H2,1-3H3,(H3,28,29,30,31,32,33). The van der Waals surface area contributed by atoms with Crippen molar-refractivity contribution in [2.75, 3.05) is 44.0 Å². The van der Waals surface area contributed by atoms with E-state index in [1.807, 2.05) is 32.0 Å². The molecule has 13 heteroatoms. The fourth-order valence-electron chi connectivity index (χ4n) is 4.25. The van der Waals surface area contributed by atoms with Crippen LogP contribution in [0.1, 0.15) is 11.3 Å². The van der Waals surface area contributed by atoms with Gasteiger partial charge in [0.05, 0.1) is 37.1 Å². The van der Waals surface area contributed by atoms with Crippen molar-refractivity contribution in [3.05, 3.63) is 64.9 Å². The van der Waals surface area contributed by atoms with Crippen molar-refractivity contribution >= 4 is 44.9 Å². The topological polar surface area (TPSA) is 134 Å². The molecule has 0 spiro atoms. The van der Waals surface area contributed by atoms with Crippen LogP contribution in [0, 0.1) is 13.8 Å². The number of hydrogen-bond donors (Lipinski definition) is 3. The van der Waals surface area contributed by atoms with E-state index >= 15 is 0 Å². The first-order valence-electron chi connectivity index (χ1n) is 12.2. The lowest BCUT2D eigenvalue weighted by atomic mass is 9.99. The van der Waals surface area contributed by atoms with Gasteiger partial charge < -0.3 is 20.1 Å². The summed E-state index contributed by atoms with van der Waals surface area (Å²) in [5.41, 5.74) is 4.27. The second-order valence-corrected chi connectivity index (χ2v) is 11.3. The minimum Gasteiger partial charge on any atom is -0.495 e. The Morgan fingerprint density at radius 1 is 1.08 bits per heavy atom. The molecule has 0 radical (unpaired) electrons. The van der Waals surface area contributed by atoms with Crippen molar-refractivity contribution in [3.8, 4) is 16.9 Å². The van der Waals surface area contributed by atoms with Gasteiger partial charge in [-0.2, -0.15) is 14.4 Å². The lowest BCUT2D eigenvalue weighted by Gasteiger charge is -2.26. The number of aryl methyl sites for hydroxylation is 2. The van der Waals surface area contributed by atoms with Crippen LogP contribution < -0.4 is 15.4 Å². The highest BCUT2D eigenvalue weighted by Crippen LogP contribution is 2.36. The number of nitrogens with one attached hydrogen (secondary N) is 3. The molecule has 4 aromatic rings. The molecule has 0 unspecified atom stereocenters. The van der Waals surface area contributed by atoms with Crippen molar-refractivity contribution in [2.24, 2.45) is 0 Å². The van der Waals surface area contributed by atoms with Crippen molar-refractivity contribution in [1.29, 1.82) is 0 Å². The third-order valence-electron chi connectivity index (χ3n) is 6.26. The van der Waals surface area contributed by atoms with Crippen LogP contribution >= 0.6 is 11.6 Å². The number of methoxy groups -OCH3 is 1. The molecule has 5 rings (SSSR count). The van der Waals surface area contributed by atoms with E-state index in [1.165, 1.54) is 10.5 Å². The molecular formula is C26H28ClN7O4S. The first-order valence-corrected chi connectivity index (χ1v) is 14.0. The van der Waals surface area contributed by atoms with Crippen molar-refractivity contribution in [2.45, 2.75) is 18.7 Å². The average Bonchev–Trinajstić information content (AvgIpc) is 3.35. The Morgan fingerprint density at radius 2 is 1.82 bits per heavy atom. The summed E-state index contributed by atoms with van der Waals surface area (Å²) in [4.78, 5) is 9.03. The maximum Gasteiger partial charge on any atom is 0.243 e. The summed E-state index contributed by atoms with van der Waals surface area (Å²) < 4.78 is 38.4. The number of halogens is 1. The van der Waals surface area contributed by atoms with E-state index in [4.69, 9.17) is 21.1 Å². The number of benzene rings is 2. The van der Waals surface area contributed by atoms with E-state index in [2.05, 4.69) is 30.8 Å². The SMILES string of the molecule is COc1cc(-c2ccc(S(=O)(=O)N3CCOCC3)cc2)c(C)cc1Nc1ncc(Cl)c(Nc2cc(C)[nH]n2)n1. The lowest BCUT2D eigenvalue weighted by molar-refractivity contribution is 0.0730. The monoisotopic (exact) mass is 569 g/mol. The van der Waals surface area contributed by atoms with Crippen LogP contribution in [0.15, 0.2) is 53.6 Å². The third kappa shape index (κ3) is 5.83. The molecule has 2 aromatic heterocycles. The fraction of sp³-hybridized carbons (Fsp3) is 0.269. The largest absolute Gasteiger partial charge is 0.495 e. The van der Waals surface area contributed by atoms with E-state index in [0.717, 1.165) is 22.4 Å². The van der Waals surface area contributed by atoms with Gasteiger partial charge in [-0.15, -0.1) is 0 Å². The van der Waals surface area contributed by atoms with Gasteiger partial charge in [0, 0.05) is 24.8 Å². The summed E-state index contributed by atoms with van der Waals surface area (Å²) in [6.45, 7) is 5.37. The van der Waals surface area contributed by atoms with Gasteiger partial charge in [0.25, 0.3) is 0 Å². The smallest absolute Gasteiger partial charge is 0.243 e. The molecule has 11 nitrogen and oxygen atoms in total. The first-order chi connectivity index (χ1) is 18.7. The zero-order chi connectivity index (χ0) is 27.6. The number of H-pyrrole nitrogens is 1. The zero-order valence-corrected chi connectivity index (χ0v) is 23.2. The number of nitrogens with zero attached hydrogens (tertiary/aromatic N) is 4. The Hall–Kier alpha value is -3.71. The summed E-state index contributed by atoms with van der Waals surface area (Å²) in [5, 5.41) is 13.6. The number of sulfonamides is 1. The number of rotatable bonds is 8. The number of morpholine rings is 1. The van der Waals surface area contributed by atoms with Gasteiger partial charge >= 0.3 is 0 Å². The van der Waals surface area contributed by atoms with Gasteiger partial charge in [0.15, 0.2) is 11.6 Å². The molecule has 3 N–H and O–H groups in total. The highest BCUT2D eigenvalue weighted by atomic mass is 35.5. The summed E-state index contributed by atoms with van der Waals surface area (Å²) in [7, 11) is -1.99. The molecule has 1 aliphatic rings. The van der Waals surface area contributed by atoms with Crippen LogP contribution in [0.2, 0.25) is 5.02 Å². The van der Waals surface area contributed by atoms with Gasteiger partial charge in [0.2, 0.25) is 16.0 Å². The molecule has 0 saturated carbocycles. The Morgan fingerprint density at radius 3 is 2.49 bits per heavy atom. The zero-order valence-electron chi connectivity index (χ0n) is 21.7. The van der Waals surface area contributed by atoms with Crippen molar-refractivity contribution < 1.29 is 17.9 Å². The van der Waals surface area contributed by atoms with E-state index in [9.17, 15) is 8.42 Å². The van der Waals surface area contributed by atoms with Crippen molar-refractivity contribution in [1.82, 2.24) is 24.5 Å². The molecule has 2 aromatic carbocycles. The molecule has 0 bridgehead atoms. The van der Waals surface area contributed by atoms with Gasteiger partial charge in [-0.25, -0.2) is 13.4 Å². The number of ether oxygens (including phenoxy) is 2. The van der Waals surface area contributed by atoms with Crippen LogP contribution in [-0.4, -0.2) is 66.3 Å². The van der Waals surface area contributed by atoms with Crippen LogP contribution in [0.4, 0.5) is 23.3 Å². The van der Waals surface area contributed by atoms with Crippen LogP contribution in [0.5, 0.6) is 5.75 Å². The van der Waals surface area contributed by atoms with Gasteiger partial charge in [0.1, 0.15) is 10.8 Å². The average molecular weight is 570 g/mol. The molecule has 0 atom stereocenters. The van der Waals surface area contributed by atoms with E-state index in [-0.39, 0.29) is 4.90 Å². The molecular weight excluding hydrogens is 542 g/mol. The third-order valence-corrected chi connectivity index (χ3v) is 8.45. The predicted molar refractivity (Wildman–Crippen MR) is 150 cm³/mol. The first kappa shape index (κ1) is 26.9. The van der Waals surface area contributed by atoms with Gasteiger partial charge in [-0.1, -0.05) is 23.7 Å². The maximum absolute atomic E-state index is 13.0. The molecule has 0 amide bonds. The minimum absolute atomic E-state index is 0.255. The van der Waals surface area contributed by atoms with Gasteiger partial charge in [-0.05, 0) is 54.8 Å². The van der Waals surface area contributed by atoms with E-state index in [0.29, 0.717) is 60.3 Å². The fourth-order valence-corrected chi connectivity index (χ4v) is 5.79. The highest BCUT2D eigenvalue weighted by molar-refractivity contribution is 7.89. The molecule has 1 fully saturated rings. The summed E-state index contributed by atoms with van der Waals surface area (Å²) in [5.74, 6) is 1.87. The Kier molecular flexibility index (Phi) is 7.71. The molecule has 3 heterocycles. The normalized spacial score (nSPS) is 14.3. The number of hydrogen-bond acceptors (Lipinski definition) is 9. The highest BCUT2D eigenvalue weighted by Gasteiger charge is 2.26. The van der Waals surface area contributed by atoms with Gasteiger partial charge in [-0.3, -0.25) is 5.10 Å². The van der Waals surface area contributed by atoms with Crippen LogP contribution in [-0.2, 0) is 14.8 Å². The number of aromatic nitrogens is 4. The van der Waals surface area contributed by atoms with E-state index < -0.39 is 10.0 Å². The van der Waals surface area contributed by atoms with Crippen LogP contribution in [0.25, 0.3) is 11.1 Å². The summed E-state index contributed by atoms with van der Waals surface area (Å²) >= 11 is 6.29. The molecule has 204 valence electrons. The number of anilines is 4. The molecule has 39 heavy (non-hydrogen) atoms. The number of aromatic amines is 1. The quantitative estimate of drug-likeness (QED) is 0.277. The predicted octanol–water partition coefficient (Wildman–Crippen LogP) is 4.65. The van der Waals surface area contributed by atoms with Crippen LogP contribution in [0.3, 0.4) is 0 Å². The minimum atomic E-state index is -3.57. The summed E-state index contributed by atoms with van der Waals surface area (Å²) in [6.07, 6.45) is 1.50. The Labute approximate surface area is 231 Å². The Balaban J connectivity index is 1.38. The second kappa shape index (κ2) is 11.2.